The summed E-state index contributed by atoms with van der Waals surface area (Å²) in [6.45, 7) is 1.92. The van der Waals surface area contributed by atoms with Gasteiger partial charge in [-0.05, 0) is 30.1 Å². The SMILES string of the molecule is CCCC#CC#CC#CC(N)CO. The number of rotatable bonds is 2. The number of nitrogens with two attached hydrogens (primary N) is 1. The van der Waals surface area contributed by atoms with E-state index in [0.717, 1.165) is 12.8 Å². The quantitative estimate of drug-likeness (QED) is 0.585. The Hall–Kier alpha value is -1.40. The second-order valence-corrected chi connectivity index (χ2v) is 2.36. The number of aliphatic hydroxyl groups is 1. The lowest BCUT2D eigenvalue weighted by atomic mass is 10.3. The van der Waals surface area contributed by atoms with Crippen LogP contribution in [-0.2, 0) is 0 Å². The smallest absolute Gasteiger partial charge is 0.0909 e. The molecule has 1 unspecified atom stereocenters. The van der Waals surface area contributed by atoms with E-state index < -0.39 is 6.04 Å². The van der Waals surface area contributed by atoms with Crippen LogP contribution in [0.4, 0.5) is 0 Å². The molecule has 0 aliphatic rings. The Morgan fingerprint density at radius 2 is 1.92 bits per heavy atom. The Morgan fingerprint density at radius 3 is 2.54 bits per heavy atom. The van der Waals surface area contributed by atoms with Gasteiger partial charge in [0.05, 0.1) is 12.6 Å². The van der Waals surface area contributed by atoms with Gasteiger partial charge in [-0.3, -0.25) is 0 Å². The van der Waals surface area contributed by atoms with Crippen LogP contribution in [0.5, 0.6) is 0 Å². The maximum absolute atomic E-state index is 8.50. The van der Waals surface area contributed by atoms with Crippen LogP contribution < -0.4 is 5.73 Å². The maximum atomic E-state index is 8.50. The molecule has 2 heteroatoms. The molecule has 68 valence electrons. The summed E-state index contributed by atoms with van der Waals surface area (Å²) >= 11 is 0. The van der Waals surface area contributed by atoms with E-state index in [2.05, 4.69) is 42.4 Å². The molecular weight excluding hydrogens is 162 g/mol. The molecular formula is C11H13NO. The molecule has 0 aromatic rings. The van der Waals surface area contributed by atoms with Gasteiger partial charge < -0.3 is 10.8 Å². The number of hydrogen-bond donors (Lipinski definition) is 2. The van der Waals surface area contributed by atoms with E-state index >= 15 is 0 Å². The zero-order valence-corrected chi connectivity index (χ0v) is 7.72. The van der Waals surface area contributed by atoms with Gasteiger partial charge in [-0.2, -0.15) is 0 Å². The Kier molecular flexibility index (Phi) is 7.76. The molecule has 0 aliphatic heterocycles. The van der Waals surface area contributed by atoms with Crippen molar-refractivity contribution in [3.05, 3.63) is 0 Å². The van der Waals surface area contributed by atoms with Crippen molar-refractivity contribution >= 4 is 0 Å². The Bertz CT molecular complexity index is 300. The molecule has 0 radical (unpaired) electrons. The van der Waals surface area contributed by atoms with Gasteiger partial charge in [0.2, 0.25) is 0 Å². The normalized spacial score (nSPS) is 9.46. The van der Waals surface area contributed by atoms with Crippen molar-refractivity contribution in [2.45, 2.75) is 25.8 Å². The first-order chi connectivity index (χ1) is 6.31. The van der Waals surface area contributed by atoms with Crippen LogP contribution in [0.3, 0.4) is 0 Å². The van der Waals surface area contributed by atoms with Crippen LogP contribution in [0.2, 0.25) is 0 Å². The van der Waals surface area contributed by atoms with Crippen LogP contribution in [-0.4, -0.2) is 17.8 Å². The molecule has 0 rings (SSSR count). The minimum Gasteiger partial charge on any atom is -0.394 e. The monoisotopic (exact) mass is 175 g/mol. The van der Waals surface area contributed by atoms with Gasteiger partial charge in [0.1, 0.15) is 0 Å². The highest BCUT2D eigenvalue weighted by Gasteiger charge is 1.88. The van der Waals surface area contributed by atoms with Crippen LogP contribution in [0.15, 0.2) is 0 Å². The van der Waals surface area contributed by atoms with E-state index in [9.17, 15) is 0 Å². The van der Waals surface area contributed by atoms with Crippen molar-refractivity contribution in [1.29, 1.82) is 0 Å². The Labute approximate surface area is 79.5 Å². The first-order valence-corrected chi connectivity index (χ1v) is 4.16. The van der Waals surface area contributed by atoms with E-state index in [0.29, 0.717) is 0 Å². The van der Waals surface area contributed by atoms with Gasteiger partial charge in [-0.15, -0.1) is 0 Å². The number of hydrogen-bond acceptors (Lipinski definition) is 2. The summed E-state index contributed by atoms with van der Waals surface area (Å²) in [6.07, 6.45) is 1.90. The van der Waals surface area contributed by atoms with E-state index in [1.54, 1.807) is 0 Å². The number of aliphatic hydroxyl groups excluding tert-OH is 1. The van der Waals surface area contributed by atoms with E-state index in [-0.39, 0.29) is 6.61 Å². The van der Waals surface area contributed by atoms with Crippen molar-refractivity contribution < 1.29 is 5.11 Å². The molecule has 0 saturated heterocycles. The molecule has 0 aliphatic carbocycles. The Morgan fingerprint density at radius 1 is 1.23 bits per heavy atom. The van der Waals surface area contributed by atoms with E-state index in [1.807, 2.05) is 0 Å². The molecule has 0 saturated carbocycles. The molecule has 0 amide bonds. The molecule has 0 bridgehead atoms. The second-order valence-electron chi connectivity index (χ2n) is 2.36. The summed E-state index contributed by atoms with van der Waals surface area (Å²) in [7, 11) is 0. The van der Waals surface area contributed by atoms with Crippen molar-refractivity contribution in [2.24, 2.45) is 5.73 Å². The first-order valence-electron chi connectivity index (χ1n) is 4.16. The lowest BCUT2D eigenvalue weighted by Crippen LogP contribution is -2.21. The standard InChI is InChI=1S/C11H13NO/c1-2-3-4-5-6-7-8-9-11(12)10-13/h11,13H,2-3,10,12H2,1H3. The predicted octanol–water partition coefficient (Wildman–Crippen LogP) is 0.116. The van der Waals surface area contributed by atoms with Gasteiger partial charge in [-0.1, -0.05) is 18.8 Å². The zero-order valence-electron chi connectivity index (χ0n) is 7.72. The van der Waals surface area contributed by atoms with Crippen LogP contribution in [0, 0.1) is 35.5 Å². The van der Waals surface area contributed by atoms with Crippen LogP contribution in [0.25, 0.3) is 0 Å². The third kappa shape index (κ3) is 8.51. The zero-order chi connectivity index (χ0) is 9.94. The molecule has 0 heterocycles. The highest BCUT2D eigenvalue weighted by atomic mass is 16.3. The maximum Gasteiger partial charge on any atom is 0.0909 e. The lowest BCUT2D eigenvalue weighted by Gasteiger charge is -1.91. The van der Waals surface area contributed by atoms with Crippen molar-refractivity contribution in [3.8, 4) is 35.5 Å². The largest absolute Gasteiger partial charge is 0.394 e. The summed E-state index contributed by atoms with van der Waals surface area (Å²) in [5, 5.41) is 8.50. The fraction of sp³-hybridized carbons (Fsp3) is 0.455. The van der Waals surface area contributed by atoms with Gasteiger partial charge >= 0.3 is 0 Å². The first kappa shape index (κ1) is 11.6. The van der Waals surface area contributed by atoms with Crippen LogP contribution in [0.1, 0.15) is 19.8 Å². The van der Waals surface area contributed by atoms with Gasteiger partial charge in [0, 0.05) is 6.42 Å². The molecule has 0 aromatic heterocycles. The minimum atomic E-state index is -0.502. The van der Waals surface area contributed by atoms with Crippen molar-refractivity contribution in [2.75, 3.05) is 6.61 Å². The summed E-state index contributed by atoms with van der Waals surface area (Å²) in [5.41, 5.74) is 5.31. The fourth-order valence-corrected chi connectivity index (χ4v) is 0.469. The van der Waals surface area contributed by atoms with Gasteiger partial charge in [-0.25, -0.2) is 0 Å². The topological polar surface area (TPSA) is 46.2 Å². The molecule has 1 atom stereocenters. The summed E-state index contributed by atoms with van der Waals surface area (Å²) < 4.78 is 0. The average molecular weight is 175 g/mol. The lowest BCUT2D eigenvalue weighted by molar-refractivity contribution is 0.287. The van der Waals surface area contributed by atoms with E-state index in [1.165, 1.54) is 0 Å². The highest BCUT2D eigenvalue weighted by Crippen LogP contribution is 1.79. The van der Waals surface area contributed by atoms with Crippen LogP contribution >= 0.6 is 0 Å². The summed E-state index contributed by atoms with van der Waals surface area (Å²) in [5.74, 6) is 15.7. The average Bonchev–Trinajstić information content (AvgIpc) is 2.16. The minimum absolute atomic E-state index is 0.143. The molecule has 0 aromatic carbocycles. The van der Waals surface area contributed by atoms with E-state index in [4.69, 9.17) is 10.8 Å². The molecule has 0 spiro atoms. The van der Waals surface area contributed by atoms with Crippen molar-refractivity contribution in [1.82, 2.24) is 0 Å². The summed E-state index contributed by atoms with van der Waals surface area (Å²) in [4.78, 5) is 0. The van der Waals surface area contributed by atoms with Gasteiger partial charge in [0.15, 0.2) is 0 Å². The summed E-state index contributed by atoms with van der Waals surface area (Å²) in [6, 6.07) is -0.502. The third-order valence-electron chi connectivity index (χ3n) is 1.11. The van der Waals surface area contributed by atoms with Crippen molar-refractivity contribution in [3.63, 3.8) is 0 Å². The predicted molar refractivity (Wildman–Crippen MR) is 53.3 cm³/mol. The number of unbranched alkanes of at least 4 members (excludes halogenated alkanes) is 1. The molecule has 13 heavy (non-hydrogen) atoms. The highest BCUT2D eigenvalue weighted by molar-refractivity contribution is 5.36. The van der Waals surface area contributed by atoms with Gasteiger partial charge in [0.25, 0.3) is 0 Å². The molecule has 3 N–H and O–H groups in total. The Balaban J connectivity index is 3.85. The fourth-order valence-electron chi connectivity index (χ4n) is 0.469. The molecule has 2 nitrogen and oxygen atoms in total. The second kappa shape index (κ2) is 8.69. The molecule has 0 fully saturated rings. The third-order valence-corrected chi connectivity index (χ3v) is 1.11.